The summed E-state index contributed by atoms with van der Waals surface area (Å²) < 4.78 is 33.3. The van der Waals surface area contributed by atoms with Crippen molar-refractivity contribution in [2.24, 2.45) is 5.92 Å². The molecule has 0 radical (unpaired) electrons. The standard InChI is InChI=1S/C15H26N2O3S/c1-10(2)7-8-17-21(18,19)15-12(4)20-11(3)14(15)9-16-13-5-6-13/h10,13,16-17H,5-9H2,1-4H3. The summed E-state index contributed by atoms with van der Waals surface area (Å²) >= 11 is 0. The number of hydrogen-bond acceptors (Lipinski definition) is 4. The Hall–Kier alpha value is -0.850. The Kier molecular flexibility index (Phi) is 5.11. The molecule has 2 N–H and O–H groups in total. The zero-order valence-electron chi connectivity index (χ0n) is 13.3. The van der Waals surface area contributed by atoms with Gasteiger partial charge < -0.3 is 9.73 Å². The van der Waals surface area contributed by atoms with E-state index in [-0.39, 0.29) is 0 Å². The molecule has 5 nitrogen and oxygen atoms in total. The van der Waals surface area contributed by atoms with Crippen LogP contribution in [0.2, 0.25) is 0 Å². The molecule has 0 amide bonds. The highest BCUT2D eigenvalue weighted by Gasteiger charge is 2.28. The van der Waals surface area contributed by atoms with Crippen molar-refractivity contribution in [3.63, 3.8) is 0 Å². The number of aryl methyl sites for hydroxylation is 2. The number of sulfonamides is 1. The molecule has 0 saturated heterocycles. The Morgan fingerprint density at radius 3 is 2.48 bits per heavy atom. The molecule has 0 aromatic carbocycles. The Balaban J connectivity index is 2.15. The molecule has 6 heteroatoms. The first-order chi connectivity index (χ1) is 9.81. The maximum absolute atomic E-state index is 12.5. The lowest BCUT2D eigenvalue weighted by Crippen LogP contribution is -2.27. The molecule has 1 aliphatic rings. The van der Waals surface area contributed by atoms with Gasteiger partial charge in [-0.2, -0.15) is 0 Å². The molecule has 1 aromatic rings. The second kappa shape index (κ2) is 6.50. The maximum atomic E-state index is 12.5. The zero-order valence-corrected chi connectivity index (χ0v) is 14.1. The van der Waals surface area contributed by atoms with E-state index < -0.39 is 10.0 Å². The van der Waals surface area contributed by atoms with Crippen molar-refractivity contribution >= 4 is 10.0 Å². The molecule has 0 spiro atoms. The van der Waals surface area contributed by atoms with Crippen LogP contribution in [0.1, 0.15) is 50.2 Å². The molecular formula is C15H26N2O3S. The van der Waals surface area contributed by atoms with Crippen molar-refractivity contribution < 1.29 is 12.8 Å². The molecule has 1 fully saturated rings. The highest BCUT2D eigenvalue weighted by atomic mass is 32.2. The summed E-state index contributed by atoms with van der Waals surface area (Å²) in [5.41, 5.74) is 0.761. The Labute approximate surface area is 127 Å². The quantitative estimate of drug-likeness (QED) is 0.773. The first-order valence-corrected chi connectivity index (χ1v) is 9.11. The first-order valence-electron chi connectivity index (χ1n) is 7.63. The highest BCUT2D eigenvalue weighted by Crippen LogP contribution is 2.28. The fraction of sp³-hybridized carbons (Fsp3) is 0.733. The summed E-state index contributed by atoms with van der Waals surface area (Å²) in [5.74, 6) is 1.62. The van der Waals surface area contributed by atoms with Crippen LogP contribution in [0.4, 0.5) is 0 Å². The van der Waals surface area contributed by atoms with Gasteiger partial charge in [0.2, 0.25) is 10.0 Å². The number of nitrogens with one attached hydrogen (secondary N) is 2. The lowest BCUT2D eigenvalue weighted by Gasteiger charge is -2.10. The SMILES string of the molecule is Cc1oc(C)c(S(=O)(=O)NCCC(C)C)c1CNC1CC1. The van der Waals surface area contributed by atoms with Crippen LogP contribution in [0.15, 0.2) is 9.31 Å². The molecule has 2 rings (SSSR count). The van der Waals surface area contributed by atoms with E-state index in [1.54, 1.807) is 6.92 Å². The van der Waals surface area contributed by atoms with Gasteiger partial charge in [0.05, 0.1) is 0 Å². The van der Waals surface area contributed by atoms with Gasteiger partial charge in [0, 0.05) is 24.7 Å². The summed E-state index contributed by atoms with van der Waals surface area (Å²) in [6.07, 6.45) is 3.17. The molecule has 1 heterocycles. The second-order valence-electron chi connectivity index (χ2n) is 6.26. The van der Waals surface area contributed by atoms with Crippen molar-refractivity contribution in [2.75, 3.05) is 6.54 Å². The minimum absolute atomic E-state index is 0.317. The molecule has 120 valence electrons. The number of hydrogen-bond donors (Lipinski definition) is 2. The van der Waals surface area contributed by atoms with E-state index in [0.717, 1.165) is 12.0 Å². The number of rotatable bonds is 8. The van der Waals surface area contributed by atoms with Crippen LogP contribution in [0.3, 0.4) is 0 Å². The van der Waals surface area contributed by atoms with E-state index in [4.69, 9.17) is 4.42 Å². The molecule has 21 heavy (non-hydrogen) atoms. The summed E-state index contributed by atoms with van der Waals surface area (Å²) in [6.45, 7) is 8.70. The summed E-state index contributed by atoms with van der Waals surface area (Å²) in [4.78, 5) is 0.317. The fourth-order valence-corrected chi connectivity index (χ4v) is 3.85. The van der Waals surface area contributed by atoms with E-state index in [2.05, 4.69) is 23.9 Å². The van der Waals surface area contributed by atoms with Crippen LogP contribution in [-0.4, -0.2) is 21.0 Å². The lowest BCUT2D eigenvalue weighted by molar-refractivity contribution is 0.492. The predicted octanol–water partition coefficient (Wildman–Crippen LogP) is 2.47. The Bertz CT molecular complexity index is 586. The molecule has 0 atom stereocenters. The molecular weight excluding hydrogens is 288 g/mol. The fourth-order valence-electron chi connectivity index (χ4n) is 2.35. The van der Waals surface area contributed by atoms with Crippen molar-refractivity contribution in [1.29, 1.82) is 0 Å². The third-order valence-corrected chi connectivity index (χ3v) is 5.41. The second-order valence-corrected chi connectivity index (χ2v) is 7.96. The molecule has 0 bridgehead atoms. The third-order valence-electron chi connectivity index (χ3n) is 3.75. The van der Waals surface area contributed by atoms with Crippen LogP contribution in [0.5, 0.6) is 0 Å². The topological polar surface area (TPSA) is 71.3 Å². The summed E-state index contributed by atoms with van der Waals surface area (Å²) in [6, 6.07) is 0.532. The molecule has 0 aliphatic heterocycles. The average molecular weight is 314 g/mol. The van der Waals surface area contributed by atoms with Gasteiger partial charge in [0.15, 0.2) is 0 Å². The average Bonchev–Trinajstić information content (AvgIpc) is 3.12. The van der Waals surface area contributed by atoms with Crippen molar-refractivity contribution in [3.05, 3.63) is 17.1 Å². The van der Waals surface area contributed by atoms with E-state index in [0.29, 0.717) is 41.5 Å². The monoisotopic (exact) mass is 314 g/mol. The Morgan fingerprint density at radius 2 is 1.90 bits per heavy atom. The predicted molar refractivity (Wildman–Crippen MR) is 82.7 cm³/mol. The van der Waals surface area contributed by atoms with Gasteiger partial charge in [-0.05, 0) is 39.0 Å². The first kappa shape index (κ1) is 16.5. The van der Waals surface area contributed by atoms with Crippen molar-refractivity contribution in [1.82, 2.24) is 10.0 Å². The minimum atomic E-state index is -3.51. The summed E-state index contributed by atoms with van der Waals surface area (Å²) in [5, 5.41) is 3.36. The third kappa shape index (κ3) is 4.31. The zero-order chi connectivity index (χ0) is 15.6. The van der Waals surface area contributed by atoms with E-state index >= 15 is 0 Å². The Morgan fingerprint density at radius 1 is 1.24 bits per heavy atom. The van der Waals surface area contributed by atoms with Gasteiger partial charge >= 0.3 is 0 Å². The maximum Gasteiger partial charge on any atom is 0.244 e. The van der Waals surface area contributed by atoms with Gasteiger partial charge in [-0.15, -0.1) is 0 Å². The van der Waals surface area contributed by atoms with Crippen molar-refractivity contribution in [2.45, 2.75) is 64.4 Å². The van der Waals surface area contributed by atoms with Gasteiger partial charge in [0.1, 0.15) is 16.4 Å². The van der Waals surface area contributed by atoms with Crippen LogP contribution in [0.25, 0.3) is 0 Å². The van der Waals surface area contributed by atoms with Crippen molar-refractivity contribution in [3.8, 4) is 0 Å². The minimum Gasteiger partial charge on any atom is -0.465 e. The van der Waals surface area contributed by atoms with E-state index in [1.165, 1.54) is 12.8 Å². The van der Waals surface area contributed by atoms with Gasteiger partial charge in [-0.3, -0.25) is 0 Å². The summed E-state index contributed by atoms with van der Waals surface area (Å²) in [7, 11) is -3.51. The van der Waals surface area contributed by atoms with Crippen LogP contribution < -0.4 is 10.0 Å². The van der Waals surface area contributed by atoms with Gasteiger partial charge in [-0.25, -0.2) is 13.1 Å². The smallest absolute Gasteiger partial charge is 0.244 e. The van der Waals surface area contributed by atoms with E-state index in [9.17, 15) is 8.42 Å². The van der Waals surface area contributed by atoms with E-state index in [1.807, 2.05) is 6.92 Å². The molecule has 1 aromatic heterocycles. The number of furan rings is 1. The molecule has 1 aliphatic carbocycles. The molecule has 0 unspecified atom stereocenters. The largest absolute Gasteiger partial charge is 0.465 e. The normalized spacial score (nSPS) is 15.9. The van der Waals surface area contributed by atoms with Crippen LogP contribution >= 0.6 is 0 Å². The van der Waals surface area contributed by atoms with Crippen LogP contribution in [0, 0.1) is 19.8 Å². The van der Waals surface area contributed by atoms with Gasteiger partial charge in [-0.1, -0.05) is 13.8 Å². The van der Waals surface area contributed by atoms with Crippen LogP contribution in [-0.2, 0) is 16.6 Å². The highest BCUT2D eigenvalue weighted by molar-refractivity contribution is 7.89. The lowest BCUT2D eigenvalue weighted by atomic mass is 10.1. The van der Waals surface area contributed by atoms with Gasteiger partial charge in [0.25, 0.3) is 0 Å². The molecule has 1 saturated carbocycles.